The normalized spacial score (nSPS) is 18.5. The number of halogens is 1. The van der Waals surface area contributed by atoms with E-state index in [1.165, 1.54) is 4.57 Å². The first-order valence-corrected chi connectivity index (χ1v) is 7.31. The summed E-state index contributed by atoms with van der Waals surface area (Å²) in [6.45, 7) is 1.86. The third-order valence-electron chi connectivity index (χ3n) is 3.21. The largest absolute Gasteiger partial charge is 0.368 e. The first-order valence-electron chi connectivity index (χ1n) is 5.92. The van der Waals surface area contributed by atoms with E-state index < -0.39 is 15.4 Å². The molecule has 96 valence electrons. The van der Waals surface area contributed by atoms with E-state index in [0.29, 0.717) is 12.2 Å². The molecule has 1 heterocycles. The molecule has 0 amide bonds. The van der Waals surface area contributed by atoms with Crippen molar-refractivity contribution in [3.05, 3.63) is 5.82 Å². The van der Waals surface area contributed by atoms with Crippen LogP contribution in [0.5, 0.6) is 0 Å². The van der Waals surface area contributed by atoms with Gasteiger partial charge in [0.2, 0.25) is 0 Å². The molecule has 5 nitrogen and oxygen atoms in total. The van der Waals surface area contributed by atoms with E-state index in [2.05, 4.69) is 10.2 Å². The van der Waals surface area contributed by atoms with Gasteiger partial charge in [-0.2, -0.15) is 8.42 Å². The molecule has 1 aliphatic carbocycles. The second kappa shape index (κ2) is 4.72. The smallest absolute Gasteiger partial charge is 0.297 e. The van der Waals surface area contributed by atoms with Gasteiger partial charge in [-0.15, -0.1) is 10.2 Å². The van der Waals surface area contributed by atoms with Crippen molar-refractivity contribution in [3.8, 4) is 0 Å². The lowest BCUT2D eigenvalue weighted by molar-refractivity contribution is 0.325. The molecule has 0 saturated heterocycles. The standard InChI is InChI=1S/C10H16FN3O2S/c1-2-9-12-13-10(17(11,15)16)14(9)8-6-4-3-5-7-8/h8H,2-7H2,1H3. The highest BCUT2D eigenvalue weighted by atomic mass is 32.3. The molecule has 1 aromatic rings. The Morgan fingerprint density at radius 2 is 1.94 bits per heavy atom. The zero-order chi connectivity index (χ0) is 12.5. The molecule has 1 aliphatic rings. The maximum absolute atomic E-state index is 13.1. The third-order valence-corrected chi connectivity index (χ3v) is 3.92. The van der Waals surface area contributed by atoms with E-state index in [4.69, 9.17) is 0 Å². The molecule has 0 radical (unpaired) electrons. The summed E-state index contributed by atoms with van der Waals surface area (Å²) in [5, 5.41) is 6.73. The molecular formula is C10H16FN3O2S. The summed E-state index contributed by atoms with van der Waals surface area (Å²) in [6, 6.07) is 0.0224. The minimum absolute atomic E-state index is 0.0224. The first-order chi connectivity index (χ1) is 8.04. The van der Waals surface area contributed by atoms with Crippen molar-refractivity contribution in [2.45, 2.75) is 56.6 Å². The zero-order valence-electron chi connectivity index (χ0n) is 9.76. The lowest BCUT2D eigenvalue weighted by Crippen LogP contribution is -2.19. The van der Waals surface area contributed by atoms with Gasteiger partial charge in [0, 0.05) is 12.5 Å². The summed E-state index contributed by atoms with van der Waals surface area (Å²) < 4.78 is 36.7. The SMILES string of the molecule is CCc1nnc(S(=O)(=O)F)n1C1CCCCC1. The van der Waals surface area contributed by atoms with Crippen molar-refractivity contribution in [2.75, 3.05) is 0 Å². The Balaban J connectivity index is 2.45. The molecule has 0 N–H and O–H groups in total. The fourth-order valence-corrected chi connectivity index (χ4v) is 3.05. The molecule has 0 unspecified atom stereocenters. The Labute approximate surface area is 100 Å². The molecule has 0 spiro atoms. The van der Waals surface area contributed by atoms with Crippen LogP contribution < -0.4 is 0 Å². The van der Waals surface area contributed by atoms with Crippen molar-refractivity contribution in [1.82, 2.24) is 14.8 Å². The number of aromatic nitrogens is 3. The zero-order valence-corrected chi connectivity index (χ0v) is 10.6. The number of aryl methyl sites for hydroxylation is 1. The molecule has 0 atom stereocenters. The number of hydrogen-bond donors (Lipinski definition) is 0. The average Bonchev–Trinajstić information content (AvgIpc) is 2.73. The average molecular weight is 261 g/mol. The van der Waals surface area contributed by atoms with Crippen molar-refractivity contribution in [1.29, 1.82) is 0 Å². The van der Waals surface area contributed by atoms with Crippen LogP contribution in [0, 0.1) is 0 Å². The van der Waals surface area contributed by atoms with Crippen LogP contribution in [0.1, 0.15) is 50.9 Å². The highest BCUT2D eigenvalue weighted by Crippen LogP contribution is 2.31. The molecule has 0 aromatic carbocycles. The van der Waals surface area contributed by atoms with Gasteiger partial charge in [-0.3, -0.25) is 4.57 Å². The minimum Gasteiger partial charge on any atom is -0.297 e. The molecule has 1 fully saturated rings. The van der Waals surface area contributed by atoms with Crippen molar-refractivity contribution in [2.24, 2.45) is 0 Å². The highest BCUT2D eigenvalue weighted by Gasteiger charge is 2.28. The van der Waals surface area contributed by atoms with Crippen LogP contribution in [0.2, 0.25) is 0 Å². The second-order valence-corrected chi connectivity index (χ2v) is 5.59. The summed E-state index contributed by atoms with van der Waals surface area (Å²) in [6.07, 6.45) is 5.52. The molecule has 7 heteroatoms. The lowest BCUT2D eigenvalue weighted by atomic mass is 9.95. The molecular weight excluding hydrogens is 245 g/mol. The van der Waals surface area contributed by atoms with Gasteiger partial charge >= 0.3 is 10.2 Å². The predicted octanol–water partition coefficient (Wildman–Crippen LogP) is 2.00. The van der Waals surface area contributed by atoms with Gasteiger partial charge in [-0.25, -0.2) is 0 Å². The summed E-state index contributed by atoms with van der Waals surface area (Å²) in [5.41, 5.74) is 0. The quantitative estimate of drug-likeness (QED) is 0.781. The summed E-state index contributed by atoms with van der Waals surface area (Å²) in [5.74, 6) is 0.549. The number of rotatable bonds is 3. The van der Waals surface area contributed by atoms with Gasteiger partial charge in [-0.05, 0) is 12.8 Å². The van der Waals surface area contributed by atoms with E-state index in [9.17, 15) is 12.3 Å². The molecule has 17 heavy (non-hydrogen) atoms. The van der Waals surface area contributed by atoms with Crippen LogP contribution in [0.3, 0.4) is 0 Å². The Morgan fingerprint density at radius 1 is 1.29 bits per heavy atom. The van der Waals surface area contributed by atoms with Gasteiger partial charge in [0.05, 0.1) is 0 Å². The second-order valence-electron chi connectivity index (χ2n) is 4.35. The third kappa shape index (κ3) is 2.48. The van der Waals surface area contributed by atoms with Gasteiger partial charge in [0.25, 0.3) is 5.16 Å². The fourth-order valence-electron chi connectivity index (χ4n) is 2.42. The van der Waals surface area contributed by atoms with Crippen LogP contribution in [0.15, 0.2) is 5.16 Å². The number of hydrogen-bond acceptors (Lipinski definition) is 4. The fraction of sp³-hybridized carbons (Fsp3) is 0.800. The van der Waals surface area contributed by atoms with E-state index in [1.807, 2.05) is 6.92 Å². The van der Waals surface area contributed by atoms with Gasteiger partial charge in [0.15, 0.2) is 0 Å². The maximum atomic E-state index is 13.1. The van der Waals surface area contributed by atoms with Gasteiger partial charge in [-0.1, -0.05) is 30.1 Å². The Morgan fingerprint density at radius 3 is 2.47 bits per heavy atom. The van der Waals surface area contributed by atoms with E-state index in [1.54, 1.807) is 0 Å². The molecule has 0 aliphatic heterocycles. The first kappa shape index (κ1) is 12.5. The Hall–Kier alpha value is -0.980. The topological polar surface area (TPSA) is 64.8 Å². The maximum Gasteiger partial charge on any atom is 0.368 e. The van der Waals surface area contributed by atoms with Crippen molar-refractivity contribution >= 4 is 10.2 Å². The van der Waals surface area contributed by atoms with Crippen molar-refractivity contribution < 1.29 is 12.3 Å². The minimum atomic E-state index is -4.78. The predicted molar refractivity (Wildman–Crippen MR) is 59.8 cm³/mol. The molecule has 0 bridgehead atoms. The van der Waals surface area contributed by atoms with Crippen LogP contribution >= 0.6 is 0 Å². The van der Waals surface area contributed by atoms with E-state index >= 15 is 0 Å². The Kier molecular flexibility index (Phi) is 3.46. The van der Waals surface area contributed by atoms with Crippen molar-refractivity contribution in [3.63, 3.8) is 0 Å². The van der Waals surface area contributed by atoms with Crippen LogP contribution in [-0.4, -0.2) is 23.2 Å². The van der Waals surface area contributed by atoms with Gasteiger partial charge < -0.3 is 0 Å². The number of nitrogens with zero attached hydrogens (tertiary/aromatic N) is 3. The molecule has 2 rings (SSSR count). The van der Waals surface area contributed by atoms with E-state index in [-0.39, 0.29) is 6.04 Å². The van der Waals surface area contributed by atoms with Crippen LogP contribution in [-0.2, 0) is 16.6 Å². The van der Waals surface area contributed by atoms with E-state index in [0.717, 1.165) is 32.1 Å². The lowest BCUT2D eigenvalue weighted by Gasteiger charge is -2.24. The molecule has 1 saturated carbocycles. The highest BCUT2D eigenvalue weighted by molar-refractivity contribution is 7.86. The van der Waals surface area contributed by atoms with Crippen LogP contribution in [0.25, 0.3) is 0 Å². The summed E-state index contributed by atoms with van der Waals surface area (Å²) >= 11 is 0. The van der Waals surface area contributed by atoms with Crippen LogP contribution in [0.4, 0.5) is 3.89 Å². The monoisotopic (exact) mass is 261 g/mol. The summed E-state index contributed by atoms with van der Waals surface area (Å²) in [4.78, 5) is 0. The summed E-state index contributed by atoms with van der Waals surface area (Å²) in [7, 11) is -4.78. The van der Waals surface area contributed by atoms with Gasteiger partial charge in [0.1, 0.15) is 5.82 Å². The molecule has 1 aromatic heterocycles. The Bertz CT molecular complexity index is 492.